The van der Waals surface area contributed by atoms with Gasteiger partial charge in [0, 0.05) is 18.9 Å². The van der Waals surface area contributed by atoms with Gasteiger partial charge in [0.25, 0.3) is 0 Å². The van der Waals surface area contributed by atoms with E-state index in [1.807, 2.05) is 44.2 Å². The van der Waals surface area contributed by atoms with Crippen LogP contribution in [0, 0.1) is 5.92 Å². The first kappa shape index (κ1) is 47.3. The summed E-state index contributed by atoms with van der Waals surface area (Å²) in [6.07, 6.45) is 15.1. The normalized spacial score (nSPS) is 16.3. The number of amides is 5. The highest BCUT2D eigenvalue weighted by molar-refractivity contribution is 5.95. The second kappa shape index (κ2) is 26.0. The minimum Gasteiger partial charge on any atom is -0.508 e. The van der Waals surface area contributed by atoms with E-state index in [9.17, 15) is 34.2 Å². The first-order valence-electron chi connectivity index (χ1n) is 22.0. The maximum Gasteiger partial charge on any atom is 0.243 e. The van der Waals surface area contributed by atoms with Crippen LogP contribution in [0.2, 0.25) is 0 Å². The summed E-state index contributed by atoms with van der Waals surface area (Å²) in [7, 11) is 0. The number of hydrogen-bond acceptors (Lipinski definition) is 7. The molecule has 4 atom stereocenters. The van der Waals surface area contributed by atoms with Crippen molar-refractivity contribution in [2.45, 2.75) is 153 Å². The molecule has 12 heteroatoms. The Morgan fingerprint density at radius 1 is 0.567 bits per heavy atom. The van der Waals surface area contributed by atoms with Crippen molar-refractivity contribution in [3.8, 4) is 11.5 Å². The van der Waals surface area contributed by atoms with Crippen molar-refractivity contribution in [1.29, 1.82) is 0 Å². The summed E-state index contributed by atoms with van der Waals surface area (Å²) in [6.45, 7) is 3.85. The monoisotopic (exact) mass is 826 g/mol. The van der Waals surface area contributed by atoms with Gasteiger partial charge >= 0.3 is 0 Å². The van der Waals surface area contributed by atoms with Crippen LogP contribution in [0.25, 0.3) is 0 Å². The molecule has 1 saturated carbocycles. The molecule has 0 bridgehead atoms. The van der Waals surface area contributed by atoms with Crippen molar-refractivity contribution in [1.82, 2.24) is 26.6 Å². The number of phenols is 2. The molecule has 12 nitrogen and oxygen atoms in total. The van der Waals surface area contributed by atoms with Crippen molar-refractivity contribution < 1.29 is 34.2 Å². The first-order chi connectivity index (χ1) is 29.0. The Morgan fingerprint density at radius 3 is 1.48 bits per heavy atom. The summed E-state index contributed by atoms with van der Waals surface area (Å²) in [5.41, 5.74) is 2.38. The predicted octanol–water partition coefficient (Wildman–Crippen LogP) is 6.31. The average molecular weight is 826 g/mol. The summed E-state index contributed by atoms with van der Waals surface area (Å²) in [5, 5.41) is 34.4. The van der Waals surface area contributed by atoms with Gasteiger partial charge in [0.05, 0.1) is 0 Å². The van der Waals surface area contributed by atoms with Gasteiger partial charge in [0.1, 0.15) is 35.7 Å². The van der Waals surface area contributed by atoms with Crippen LogP contribution in [0.4, 0.5) is 0 Å². The molecule has 326 valence electrons. The fraction of sp³-hybridized carbons (Fsp3) is 0.521. The number of nitrogens with one attached hydrogen (secondary N) is 5. The molecular weight excluding hydrogens is 759 g/mol. The van der Waals surface area contributed by atoms with Crippen LogP contribution < -0.4 is 26.6 Å². The molecule has 0 heterocycles. The Bertz CT molecular complexity index is 1740. The molecular formula is C48H67N5O7. The third-order valence-electron chi connectivity index (χ3n) is 11.2. The average Bonchev–Trinajstić information content (AvgIpc) is 3.25. The maximum absolute atomic E-state index is 14.3. The summed E-state index contributed by atoms with van der Waals surface area (Å²) < 4.78 is 0. The van der Waals surface area contributed by atoms with E-state index in [1.54, 1.807) is 36.4 Å². The highest BCUT2D eigenvalue weighted by atomic mass is 16.3. The van der Waals surface area contributed by atoms with Gasteiger partial charge in [-0.2, -0.15) is 0 Å². The van der Waals surface area contributed by atoms with Gasteiger partial charge in [0.2, 0.25) is 30.0 Å². The van der Waals surface area contributed by atoms with Crippen LogP contribution >= 0.6 is 0 Å². The minimum atomic E-state index is -1.15. The van der Waals surface area contributed by atoms with Crippen LogP contribution in [-0.2, 0) is 43.2 Å². The highest BCUT2D eigenvalue weighted by Crippen LogP contribution is 2.19. The second-order valence-electron chi connectivity index (χ2n) is 16.7. The molecule has 0 saturated heterocycles. The lowest BCUT2D eigenvalue weighted by Crippen LogP contribution is -2.59. The number of hydrogen-bond donors (Lipinski definition) is 7. The second-order valence-corrected chi connectivity index (χ2v) is 16.7. The molecule has 60 heavy (non-hydrogen) atoms. The number of benzene rings is 3. The fourth-order valence-corrected chi connectivity index (χ4v) is 7.79. The van der Waals surface area contributed by atoms with E-state index in [1.165, 1.54) is 50.7 Å². The van der Waals surface area contributed by atoms with Crippen LogP contribution in [0.5, 0.6) is 11.5 Å². The van der Waals surface area contributed by atoms with E-state index in [0.29, 0.717) is 18.4 Å². The zero-order valence-corrected chi connectivity index (χ0v) is 35.5. The number of carbonyl (C=O) groups is 5. The van der Waals surface area contributed by atoms with Crippen molar-refractivity contribution in [2.75, 3.05) is 0 Å². The van der Waals surface area contributed by atoms with E-state index in [-0.39, 0.29) is 55.0 Å². The number of aromatic hydroxyl groups is 2. The third kappa shape index (κ3) is 17.5. The van der Waals surface area contributed by atoms with E-state index in [0.717, 1.165) is 49.7 Å². The van der Waals surface area contributed by atoms with Gasteiger partial charge in [-0.25, -0.2) is 0 Å². The Hall–Kier alpha value is -5.39. The van der Waals surface area contributed by atoms with Crippen molar-refractivity contribution in [2.24, 2.45) is 5.92 Å². The lowest BCUT2D eigenvalue weighted by molar-refractivity contribution is -0.134. The Morgan fingerprint density at radius 2 is 1.00 bits per heavy atom. The summed E-state index contributed by atoms with van der Waals surface area (Å²) in [4.78, 5) is 68.0. The Kier molecular flexibility index (Phi) is 20.5. The minimum absolute atomic E-state index is 0.0295. The molecule has 1 aliphatic carbocycles. The Balaban J connectivity index is 1.54. The highest BCUT2D eigenvalue weighted by Gasteiger charge is 2.32. The summed E-state index contributed by atoms with van der Waals surface area (Å²) >= 11 is 0. The van der Waals surface area contributed by atoms with E-state index < -0.39 is 41.9 Å². The maximum atomic E-state index is 14.3. The van der Waals surface area contributed by atoms with E-state index in [2.05, 4.69) is 26.6 Å². The quantitative estimate of drug-likeness (QED) is 0.0691. The van der Waals surface area contributed by atoms with Crippen LogP contribution in [0.3, 0.4) is 0 Å². The van der Waals surface area contributed by atoms with Gasteiger partial charge in [-0.05, 0) is 79.0 Å². The summed E-state index contributed by atoms with van der Waals surface area (Å²) in [5.74, 6) is -1.92. The standard InChI is InChI=1S/C48H67N5O7/c1-34(2)30-42(51-48(60)44(32-37-22-27-40(56)28-23-37)52-45(57)41(49-33-54)29-24-35-16-12-11-13-17-35)47(59)53-43(31-36-20-25-39(55)26-21-36)46(58)50-38-18-14-9-7-5-3-4-6-8-10-15-19-38/h11-13,16-17,20-23,25-28,33-34,38,41-44,55-56H,3-10,14-15,18-19,24,29-32H2,1-2H3,(H,49,54)(H,50,58)(H,51,60)(H,52,57)(H,53,59)/t41-,42-,43-,44-/m0/s1. The predicted molar refractivity (Wildman–Crippen MR) is 234 cm³/mol. The van der Waals surface area contributed by atoms with Gasteiger partial charge in [-0.15, -0.1) is 0 Å². The number of phenolic OH excluding ortho intramolecular Hbond substituents is 2. The molecule has 0 spiro atoms. The molecule has 0 unspecified atom stereocenters. The molecule has 1 aliphatic rings. The van der Waals surface area contributed by atoms with Crippen LogP contribution in [0.1, 0.15) is 120 Å². The van der Waals surface area contributed by atoms with Gasteiger partial charge < -0.3 is 36.8 Å². The molecule has 0 aliphatic heterocycles. The molecule has 3 aromatic carbocycles. The topological polar surface area (TPSA) is 186 Å². The molecule has 0 radical (unpaired) electrons. The molecule has 4 rings (SSSR count). The molecule has 1 fully saturated rings. The smallest absolute Gasteiger partial charge is 0.243 e. The summed E-state index contributed by atoms with van der Waals surface area (Å²) in [6, 6.07) is 18.2. The molecule has 5 amide bonds. The third-order valence-corrected chi connectivity index (χ3v) is 11.2. The van der Waals surface area contributed by atoms with Gasteiger partial charge in [0.15, 0.2) is 0 Å². The lowest BCUT2D eigenvalue weighted by atomic mass is 9.98. The van der Waals surface area contributed by atoms with Crippen molar-refractivity contribution >= 4 is 30.0 Å². The fourth-order valence-electron chi connectivity index (χ4n) is 7.79. The number of aryl methyl sites for hydroxylation is 1. The number of carbonyl (C=O) groups excluding carboxylic acids is 5. The van der Waals surface area contributed by atoms with Crippen molar-refractivity contribution in [3.63, 3.8) is 0 Å². The van der Waals surface area contributed by atoms with E-state index >= 15 is 0 Å². The molecule has 0 aromatic heterocycles. The van der Waals surface area contributed by atoms with Crippen LogP contribution in [-0.4, -0.2) is 70.5 Å². The van der Waals surface area contributed by atoms with Crippen molar-refractivity contribution in [3.05, 3.63) is 95.6 Å². The Labute approximate surface area is 356 Å². The van der Waals surface area contributed by atoms with E-state index in [4.69, 9.17) is 0 Å². The molecule has 7 N–H and O–H groups in total. The zero-order valence-electron chi connectivity index (χ0n) is 35.5. The first-order valence-corrected chi connectivity index (χ1v) is 22.0. The van der Waals surface area contributed by atoms with Crippen LogP contribution in [0.15, 0.2) is 78.9 Å². The van der Waals surface area contributed by atoms with Gasteiger partial charge in [-0.1, -0.05) is 133 Å². The molecule has 3 aromatic rings. The lowest BCUT2D eigenvalue weighted by Gasteiger charge is -2.28. The zero-order chi connectivity index (χ0) is 43.1. The SMILES string of the molecule is CC(C)C[C@H](NC(=O)[C@H](Cc1ccc(O)cc1)NC(=O)[C@H](CCc1ccccc1)NC=O)C(=O)N[C@@H](Cc1ccc(O)cc1)C(=O)NC1CCCCCCCCCCCC1. The number of rotatable bonds is 19. The van der Waals surface area contributed by atoms with Gasteiger partial charge in [-0.3, -0.25) is 24.0 Å². The largest absolute Gasteiger partial charge is 0.508 e.